The van der Waals surface area contributed by atoms with Crippen molar-refractivity contribution in [2.24, 2.45) is 0 Å². The number of hydrogen-bond acceptors (Lipinski definition) is 4. The number of fused-ring (bicyclic) bond motifs is 1. The largest absolute Gasteiger partial charge is 0.493 e. The number of allylic oxidation sites excluding steroid dienone is 1. The van der Waals surface area contributed by atoms with Gasteiger partial charge in [-0.05, 0) is 60.9 Å². The van der Waals surface area contributed by atoms with E-state index < -0.39 is 0 Å². The van der Waals surface area contributed by atoms with E-state index in [0.717, 1.165) is 27.7 Å². The number of rotatable bonds is 6. The van der Waals surface area contributed by atoms with Crippen molar-refractivity contribution in [1.29, 1.82) is 5.26 Å². The average Bonchev–Trinajstić information content (AvgIpc) is 3.20. The summed E-state index contributed by atoms with van der Waals surface area (Å²) in [6.07, 6.45) is 1.79. The molecule has 0 spiro atoms. The maximum absolute atomic E-state index is 9.70. The molecule has 0 amide bonds. The molecule has 4 aromatic rings. The van der Waals surface area contributed by atoms with Crippen molar-refractivity contribution >= 4 is 22.7 Å². The lowest BCUT2D eigenvalue weighted by Crippen LogP contribution is -1.98. The number of methoxy groups -OCH3 is 1. The number of nitrogens with one attached hydrogen (secondary N) is 1. The number of aromatic amines is 1. The number of nitrogens with zero attached hydrogens (tertiary/aromatic N) is 2. The van der Waals surface area contributed by atoms with Crippen LogP contribution in [0.25, 0.3) is 22.7 Å². The number of benzene rings is 3. The Morgan fingerprint density at radius 1 is 1.00 bits per heavy atom. The predicted molar refractivity (Wildman–Crippen MR) is 123 cm³/mol. The molecule has 0 fully saturated rings. The molecule has 0 unspecified atom stereocenters. The third-order valence-electron chi connectivity index (χ3n) is 5.03. The van der Waals surface area contributed by atoms with Gasteiger partial charge in [0, 0.05) is 0 Å². The first kappa shape index (κ1) is 20.2. The molecule has 4 rings (SSSR count). The lowest BCUT2D eigenvalue weighted by atomic mass is 10.1. The zero-order valence-corrected chi connectivity index (χ0v) is 17.8. The Balaban J connectivity index is 1.58. The summed E-state index contributed by atoms with van der Waals surface area (Å²) in [4.78, 5) is 7.78. The molecule has 0 radical (unpaired) electrons. The third kappa shape index (κ3) is 4.59. The van der Waals surface area contributed by atoms with Gasteiger partial charge in [0.2, 0.25) is 0 Å². The van der Waals surface area contributed by atoms with E-state index in [1.807, 2.05) is 55.5 Å². The summed E-state index contributed by atoms with van der Waals surface area (Å²) >= 11 is 0. The highest BCUT2D eigenvalue weighted by atomic mass is 16.5. The van der Waals surface area contributed by atoms with Crippen molar-refractivity contribution in [3.8, 4) is 17.6 Å². The van der Waals surface area contributed by atoms with Gasteiger partial charge in [-0.3, -0.25) is 0 Å². The first-order chi connectivity index (χ1) is 15.1. The first-order valence-corrected chi connectivity index (χ1v) is 10.0. The molecule has 0 saturated carbocycles. The van der Waals surface area contributed by atoms with Crippen LogP contribution in [0.2, 0.25) is 0 Å². The highest BCUT2D eigenvalue weighted by molar-refractivity contribution is 5.90. The number of H-pyrrole nitrogens is 1. The van der Waals surface area contributed by atoms with Crippen molar-refractivity contribution in [2.45, 2.75) is 20.5 Å². The van der Waals surface area contributed by atoms with Crippen LogP contribution < -0.4 is 9.47 Å². The van der Waals surface area contributed by atoms with Crippen molar-refractivity contribution in [2.75, 3.05) is 7.11 Å². The predicted octanol–water partition coefficient (Wildman–Crippen LogP) is 5.83. The second-order valence-corrected chi connectivity index (χ2v) is 7.46. The first-order valence-electron chi connectivity index (χ1n) is 10.0. The van der Waals surface area contributed by atoms with E-state index in [1.54, 1.807) is 13.2 Å². The van der Waals surface area contributed by atoms with Crippen LogP contribution in [-0.2, 0) is 6.61 Å². The number of hydrogen-bond donors (Lipinski definition) is 1. The second-order valence-electron chi connectivity index (χ2n) is 7.46. The maximum Gasteiger partial charge on any atom is 0.161 e. The van der Waals surface area contributed by atoms with Crippen molar-refractivity contribution in [3.63, 3.8) is 0 Å². The number of aryl methyl sites for hydroxylation is 2. The van der Waals surface area contributed by atoms with Crippen LogP contribution >= 0.6 is 0 Å². The number of aromatic nitrogens is 2. The summed E-state index contributed by atoms with van der Waals surface area (Å²) in [6.45, 7) is 4.53. The SMILES string of the molecule is COc1cc(C=C(C#N)c2nc3ccc(C)cc3[nH]2)ccc1OCc1ccc(C)cc1. The zero-order valence-electron chi connectivity index (χ0n) is 17.8. The Morgan fingerprint density at radius 3 is 2.52 bits per heavy atom. The normalized spacial score (nSPS) is 11.4. The Kier molecular flexibility index (Phi) is 5.72. The van der Waals surface area contributed by atoms with Gasteiger partial charge < -0.3 is 14.5 Å². The summed E-state index contributed by atoms with van der Waals surface area (Å²) in [6, 6.07) is 22.0. The van der Waals surface area contributed by atoms with Crippen LogP contribution in [0, 0.1) is 25.2 Å². The van der Waals surface area contributed by atoms with Gasteiger partial charge in [0.05, 0.1) is 23.7 Å². The number of imidazole rings is 1. The summed E-state index contributed by atoms with van der Waals surface area (Å²) in [5, 5.41) is 9.70. The standard InChI is InChI=1S/C26H23N3O2/c1-17-4-7-19(8-5-17)16-31-24-11-9-20(14-25(24)30-3)13-21(15-27)26-28-22-10-6-18(2)12-23(22)29-26/h4-14H,16H2,1-3H3,(H,28,29). The van der Waals surface area contributed by atoms with Gasteiger partial charge in [-0.25, -0.2) is 4.98 Å². The maximum atomic E-state index is 9.70. The summed E-state index contributed by atoms with van der Waals surface area (Å²) < 4.78 is 11.5. The molecule has 5 nitrogen and oxygen atoms in total. The second kappa shape index (κ2) is 8.76. The molecule has 0 atom stereocenters. The molecule has 0 saturated heterocycles. The minimum absolute atomic E-state index is 0.448. The molecule has 1 N–H and O–H groups in total. The fourth-order valence-corrected chi connectivity index (χ4v) is 3.31. The zero-order chi connectivity index (χ0) is 21.8. The van der Waals surface area contributed by atoms with E-state index in [0.29, 0.717) is 29.5 Å². The van der Waals surface area contributed by atoms with Crippen molar-refractivity contribution in [1.82, 2.24) is 9.97 Å². The molecule has 0 aliphatic heterocycles. The molecule has 0 bridgehead atoms. The molecule has 154 valence electrons. The van der Waals surface area contributed by atoms with E-state index in [9.17, 15) is 5.26 Å². The number of ether oxygens (including phenoxy) is 2. The van der Waals surface area contributed by atoms with Crippen LogP contribution in [0.5, 0.6) is 11.5 Å². The van der Waals surface area contributed by atoms with Crippen LogP contribution in [0.1, 0.15) is 28.1 Å². The molecular weight excluding hydrogens is 386 g/mol. The lowest BCUT2D eigenvalue weighted by Gasteiger charge is -2.11. The monoisotopic (exact) mass is 409 g/mol. The van der Waals surface area contributed by atoms with E-state index >= 15 is 0 Å². The molecule has 5 heteroatoms. The lowest BCUT2D eigenvalue weighted by molar-refractivity contribution is 0.284. The molecule has 0 aliphatic carbocycles. The molecular formula is C26H23N3O2. The Morgan fingerprint density at radius 2 is 1.77 bits per heavy atom. The number of nitriles is 1. The molecule has 3 aromatic carbocycles. The fourth-order valence-electron chi connectivity index (χ4n) is 3.31. The summed E-state index contributed by atoms with van der Waals surface area (Å²) in [5.41, 5.74) is 6.45. The van der Waals surface area contributed by atoms with Gasteiger partial charge in [-0.2, -0.15) is 5.26 Å². The molecule has 0 aliphatic rings. The quantitative estimate of drug-likeness (QED) is 0.407. The Hall–Kier alpha value is -4.04. The minimum Gasteiger partial charge on any atom is -0.493 e. The summed E-state index contributed by atoms with van der Waals surface area (Å²) in [7, 11) is 1.61. The molecule has 31 heavy (non-hydrogen) atoms. The van der Waals surface area contributed by atoms with Crippen LogP contribution in [-0.4, -0.2) is 17.1 Å². The molecule has 1 aromatic heterocycles. The van der Waals surface area contributed by atoms with Crippen molar-refractivity contribution in [3.05, 3.63) is 88.7 Å². The van der Waals surface area contributed by atoms with Crippen LogP contribution in [0.3, 0.4) is 0 Å². The van der Waals surface area contributed by atoms with E-state index in [2.05, 4.69) is 35.1 Å². The minimum atomic E-state index is 0.448. The Labute approximate surface area is 181 Å². The van der Waals surface area contributed by atoms with E-state index in [1.165, 1.54) is 5.56 Å². The van der Waals surface area contributed by atoms with E-state index in [4.69, 9.17) is 9.47 Å². The van der Waals surface area contributed by atoms with E-state index in [-0.39, 0.29) is 0 Å². The van der Waals surface area contributed by atoms with Gasteiger partial charge in [0.15, 0.2) is 11.5 Å². The topological polar surface area (TPSA) is 70.9 Å². The average molecular weight is 409 g/mol. The highest BCUT2D eigenvalue weighted by Gasteiger charge is 2.10. The summed E-state index contributed by atoms with van der Waals surface area (Å²) in [5.74, 6) is 1.80. The Bertz CT molecular complexity index is 1290. The smallest absolute Gasteiger partial charge is 0.161 e. The fraction of sp³-hybridized carbons (Fsp3) is 0.154. The van der Waals surface area contributed by atoms with Gasteiger partial charge in [-0.1, -0.05) is 42.0 Å². The molecule has 1 heterocycles. The van der Waals surface area contributed by atoms with Gasteiger partial charge in [-0.15, -0.1) is 0 Å². The van der Waals surface area contributed by atoms with Gasteiger partial charge >= 0.3 is 0 Å². The highest BCUT2D eigenvalue weighted by Crippen LogP contribution is 2.30. The van der Waals surface area contributed by atoms with Crippen molar-refractivity contribution < 1.29 is 9.47 Å². The van der Waals surface area contributed by atoms with Crippen LogP contribution in [0.4, 0.5) is 0 Å². The van der Waals surface area contributed by atoms with Gasteiger partial charge in [0.25, 0.3) is 0 Å². The third-order valence-corrected chi connectivity index (χ3v) is 5.03. The van der Waals surface area contributed by atoms with Gasteiger partial charge in [0.1, 0.15) is 18.5 Å². The van der Waals surface area contributed by atoms with Crippen LogP contribution in [0.15, 0.2) is 60.7 Å².